The summed E-state index contributed by atoms with van der Waals surface area (Å²) in [7, 11) is 0. The number of hydrogen-bond acceptors (Lipinski definition) is 8. The van der Waals surface area contributed by atoms with Crippen molar-refractivity contribution in [1.82, 2.24) is 19.9 Å². The number of halogens is 2. The fraction of sp³-hybridized carbons (Fsp3) is 0.188. The summed E-state index contributed by atoms with van der Waals surface area (Å²) in [6, 6.07) is 2.73. The van der Waals surface area contributed by atoms with Crippen LogP contribution >= 0.6 is 11.8 Å². The summed E-state index contributed by atoms with van der Waals surface area (Å²) in [5.41, 5.74) is -0.162. The van der Waals surface area contributed by atoms with Gasteiger partial charge in [-0.25, -0.2) is 23.7 Å². The van der Waals surface area contributed by atoms with E-state index in [0.717, 1.165) is 24.0 Å². The Morgan fingerprint density at radius 1 is 1.37 bits per heavy atom. The number of nitrogens with one attached hydrogen (secondary N) is 2. The molecule has 0 radical (unpaired) electrons. The number of nitrogens with zero attached hydrogens (tertiary/aromatic N) is 3. The fourth-order valence-electron chi connectivity index (χ4n) is 2.15. The highest BCUT2D eigenvalue weighted by molar-refractivity contribution is 7.98. The summed E-state index contributed by atoms with van der Waals surface area (Å²) >= 11 is 0.985. The Bertz CT molecular complexity index is 1080. The maximum atomic E-state index is 13.8. The first kappa shape index (κ1) is 18.7. The summed E-state index contributed by atoms with van der Waals surface area (Å²) in [5, 5.41) is 13.7. The molecule has 1 aromatic carbocycles. The highest BCUT2D eigenvalue weighted by Gasteiger charge is 2.15. The van der Waals surface area contributed by atoms with E-state index < -0.39 is 29.2 Å². The lowest BCUT2D eigenvalue weighted by Crippen LogP contribution is -2.39. The third-order valence-corrected chi connectivity index (χ3v) is 4.41. The van der Waals surface area contributed by atoms with Gasteiger partial charge in [0.15, 0.2) is 28.3 Å². The Morgan fingerprint density at radius 3 is 2.89 bits per heavy atom. The predicted molar refractivity (Wildman–Crippen MR) is 92.0 cm³/mol. The smallest absolute Gasteiger partial charge is 0.268 e. The number of carbonyl (C=O) groups is 1. The van der Waals surface area contributed by atoms with Gasteiger partial charge in [-0.2, -0.15) is 0 Å². The van der Waals surface area contributed by atoms with Gasteiger partial charge in [-0.05, 0) is 13.0 Å². The molecular weight excluding hydrogens is 380 g/mol. The van der Waals surface area contributed by atoms with Gasteiger partial charge in [-0.15, -0.1) is 0 Å². The fourth-order valence-corrected chi connectivity index (χ4v) is 2.97. The minimum Gasteiger partial charge on any atom is -0.548 e. The average Bonchev–Trinajstić information content (AvgIpc) is 2.62. The van der Waals surface area contributed by atoms with Crippen LogP contribution < -0.4 is 16.0 Å². The number of hydrogen-bond donors (Lipinski definition) is 2. The molecule has 0 amide bonds. The molecule has 2 N–H and O–H groups in total. The average molecular weight is 392 g/mol. The van der Waals surface area contributed by atoms with E-state index >= 15 is 0 Å². The number of anilines is 1. The Morgan fingerprint density at radius 2 is 2.15 bits per heavy atom. The third kappa shape index (κ3) is 4.19. The van der Waals surface area contributed by atoms with Crippen LogP contribution in [0.2, 0.25) is 0 Å². The van der Waals surface area contributed by atoms with E-state index in [1.165, 1.54) is 19.1 Å². The highest BCUT2D eigenvalue weighted by atomic mass is 32.2. The van der Waals surface area contributed by atoms with Crippen molar-refractivity contribution in [2.45, 2.75) is 23.9 Å². The van der Waals surface area contributed by atoms with E-state index in [0.29, 0.717) is 0 Å². The molecule has 0 aliphatic carbocycles. The summed E-state index contributed by atoms with van der Waals surface area (Å²) in [5.74, 6) is -3.21. The van der Waals surface area contributed by atoms with E-state index in [1.54, 1.807) is 0 Å². The van der Waals surface area contributed by atoms with Crippen molar-refractivity contribution in [2.24, 2.45) is 0 Å². The van der Waals surface area contributed by atoms with Crippen LogP contribution in [0.3, 0.4) is 0 Å². The predicted octanol–water partition coefficient (Wildman–Crippen LogP) is 0.834. The third-order valence-electron chi connectivity index (χ3n) is 3.51. The second-order valence-corrected chi connectivity index (χ2v) is 6.43. The van der Waals surface area contributed by atoms with Crippen LogP contribution in [-0.4, -0.2) is 31.9 Å². The minimum absolute atomic E-state index is 0.0229. The maximum absolute atomic E-state index is 13.8. The lowest BCUT2D eigenvalue weighted by atomic mass is 10.2. The van der Waals surface area contributed by atoms with Crippen molar-refractivity contribution in [1.29, 1.82) is 0 Å². The van der Waals surface area contributed by atoms with Crippen molar-refractivity contribution in [2.75, 3.05) is 5.32 Å². The first-order chi connectivity index (χ1) is 12.8. The number of aliphatic carboxylic acids is 1. The van der Waals surface area contributed by atoms with E-state index in [4.69, 9.17) is 0 Å². The molecular formula is C16H12F2N5O3S-. The number of aromatic nitrogens is 4. The van der Waals surface area contributed by atoms with Crippen LogP contribution in [0.4, 0.5) is 14.6 Å². The van der Waals surface area contributed by atoms with Crippen molar-refractivity contribution in [3.8, 4) is 0 Å². The van der Waals surface area contributed by atoms with Gasteiger partial charge in [0, 0.05) is 11.3 Å². The van der Waals surface area contributed by atoms with Gasteiger partial charge >= 0.3 is 0 Å². The topological polar surface area (TPSA) is 124 Å². The molecule has 11 heteroatoms. The second-order valence-electron chi connectivity index (χ2n) is 5.49. The quantitative estimate of drug-likeness (QED) is 0.467. The second kappa shape index (κ2) is 7.66. The van der Waals surface area contributed by atoms with E-state index in [1.807, 2.05) is 0 Å². The number of rotatable bonds is 6. The number of fused-ring (bicyclic) bond motifs is 1. The number of benzene rings is 1. The SMILES string of the molecule is CC(Nc1nc(SCc2cccc(F)c2F)nc2[nH]c(=O)cnc12)C(=O)[O-]. The van der Waals surface area contributed by atoms with Crippen molar-refractivity contribution < 1.29 is 18.7 Å². The molecule has 8 nitrogen and oxygen atoms in total. The molecule has 0 aliphatic heterocycles. The zero-order chi connectivity index (χ0) is 19.6. The van der Waals surface area contributed by atoms with Gasteiger partial charge in [0.05, 0.1) is 18.2 Å². The standard InChI is InChI=1S/C16H13F2N5O3S/c1-7(15(25)26)20-13-12-14(21-10(24)5-19-12)23-16(22-13)27-6-8-3-2-4-9(17)11(8)18/h2-5,7H,6H2,1H3,(H,25,26)(H2,20,21,22,23,24)/p-1. The molecule has 0 spiro atoms. The summed E-state index contributed by atoms with van der Waals surface area (Å²) in [6.45, 7) is 1.35. The minimum atomic E-state index is -1.36. The molecule has 0 saturated heterocycles. The molecule has 0 saturated carbocycles. The summed E-state index contributed by atoms with van der Waals surface area (Å²) in [4.78, 5) is 37.2. The number of thioether (sulfide) groups is 1. The lowest BCUT2D eigenvalue weighted by Gasteiger charge is -2.16. The highest BCUT2D eigenvalue weighted by Crippen LogP contribution is 2.26. The normalized spacial score (nSPS) is 12.1. The Labute approximate surface area is 155 Å². The Kier molecular flexibility index (Phi) is 5.31. The van der Waals surface area contributed by atoms with E-state index in [9.17, 15) is 23.5 Å². The molecule has 1 atom stereocenters. The van der Waals surface area contributed by atoms with Crippen LogP contribution in [0, 0.1) is 11.6 Å². The monoisotopic (exact) mass is 392 g/mol. The van der Waals surface area contributed by atoms with Crippen LogP contribution in [0.1, 0.15) is 12.5 Å². The van der Waals surface area contributed by atoms with E-state index in [-0.39, 0.29) is 33.5 Å². The lowest BCUT2D eigenvalue weighted by molar-refractivity contribution is -0.306. The van der Waals surface area contributed by atoms with Gasteiger partial charge in [-0.1, -0.05) is 23.9 Å². The van der Waals surface area contributed by atoms with Crippen molar-refractivity contribution in [3.63, 3.8) is 0 Å². The van der Waals surface area contributed by atoms with Crippen LogP contribution in [0.25, 0.3) is 11.2 Å². The molecule has 0 bridgehead atoms. The first-order valence-electron chi connectivity index (χ1n) is 7.65. The van der Waals surface area contributed by atoms with Gasteiger partial charge in [0.25, 0.3) is 5.56 Å². The molecule has 2 aromatic heterocycles. The molecule has 3 rings (SSSR count). The van der Waals surface area contributed by atoms with Gasteiger partial charge in [0.1, 0.15) is 5.52 Å². The number of carboxylic acids is 1. The molecule has 27 heavy (non-hydrogen) atoms. The molecule has 3 aromatic rings. The number of H-pyrrole nitrogens is 1. The number of carboxylic acid groups (broad SMARTS) is 1. The van der Waals surface area contributed by atoms with Gasteiger partial charge < -0.3 is 20.2 Å². The van der Waals surface area contributed by atoms with Crippen LogP contribution in [-0.2, 0) is 10.5 Å². The van der Waals surface area contributed by atoms with Crippen molar-refractivity contribution >= 4 is 34.7 Å². The Hall–Kier alpha value is -3.08. The van der Waals surface area contributed by atoms with Crippen LogP contribution in [0.5, 0.6) is 0 Å². The zero-order valence-electron chi connectivity index (χ0n) is 13.8. The van der Waals surface area contributed by atoms with Gasteiger partial charge in [-0.3, -0.25) is 4.79 Å². The molecule has 2 heterocycles. The molecule has 1 unspecified atom stereocenters. The maximum Gasteiger partial charge on any atom is 0.268 e. The molecule has 0 aliphatic rings. The summed E-state index contributed by atoms with van der Waals surface area (Å²) < 4.78 is 27.1. The summed E-state index contributed by atoms with van der Waals surface area (Å²) in [6.07, 6.45) is 1.01. The number of carbonyl (C=O) groups excluding carboxylic acids is 1. The Balaban J connectivity index is 1.96. The molecule has 0 fully saturated rings. The van der Waals surface area contributed by atoms with E-state index in [2.05, 4.69) is 25.3 Å². The molecule has 140 valence electrons. The van der Waals surface area contributed by atoms with Crippen molar-refractivity contribution in [3.05, 3.63) is 51.9 Å². The van der Waals surface area contributed by atoms with Gasteiger partial charge in [0.2, 0.25) is 0 Å². The van der Waals surface area contributed by atoms with Crippen LogP contribution in [0.15, 0.2) is 34.3 Å². The number of aromatic amines is 1. The zero-order valence-corrected chi connectivity index (χ0v) is 14.6. The largest absolute Gasteiger partial charge is 0.548 e. The first-order valence-corrected chi connectivity index (χ1v) is 8.64.